The van der Waals surface area contributed by atoms with Gasteiger partial charge in [-0.05, 0) is 104 Å². The summed E-state index contributed by atoms with van der Waals surface area (Å²) in [6.07, 6.45) is 7.13. The summed E-state index contributed by atoms with van der Waals surface area (Å²) in [4.78, 5) is 23.7. The van der Waals surface area contributed by atoms with Crippen LogP contribution in [0.3, 0.4) is 0 Å². The second-order valence-corrected chi connectivity index (χ2v) is 10.5. The number of aliphatic hydroxyl groups excluding tert-OH is 1. The van der Waals surface area contributed by atoms with E-state index in [1.54, 1.807) is 12.1 Å². The number of rotatable bonds is 12. The first kappa shape index (κ1) is 27.0. The van der Waals surface area contributed by atoms with Gasteiger partial charge in [0.15, 0.2) is 6.61 Å². The van der Waals surface area contributed by atoms with Gasteiger partial charge < -0.3 is 24.8 Å². The molecule has 0 heterocycles. The number of carboxylic acid groups (broad SMARTS) is 1. The van der Waals surface area contributed by atoms with Gasteiger partial charge in [-0.3, -0.25) is 0 Å². The minimum atomic E-state index is -0.998. The number of aromatic hydroxyl groups is 1. The number of esters is 1. The highest BCUT2D eigenvalue weighted by molar-refractivity contribution is 5.89. The van der Waals surface area contributed by atoms with Crippen LogP contribution in [0.2, 0.25) is 0 Å². The Labute approximate surface area is 218 Å². The quantitative estimate of drug-likeness (QED) is 0.267. The summed E-state index contributed by atoms with van der Waals surface area (Å²) in [5, 5.41) is 29.5. The van der Waals surface area contributed by atoms with Gasteiger partial charge >= 0.3 is 11.9 Å². The molecule has 0 aliphatic heterocycles. The predicted molar refractivity (Wildman–Crippen MR) is 139 cm³/mol. The van der Waals surface area contributed by atoms with Crippen molar-refractivity contribution in [2.75, 3.05) is 6.61 Å². The molecule has 5 atom stereocenters. The Morgan fingerprint density at radius 1 is 1.05 bits per heavy atom. The number of aliphatic hydroxyl groups is 1. The van der Waals surface area contributed by atoms with Crippen LogP contribution in [-0.4, -0.2) is 46.1 Å². The Balaban J connectivity index is 1.41. The molecule has 1 saturated carbocycles. The molecule has 0 spiro atoms. The molecular formula is C30H38O7. The molecule has 2 aromatic rings. The van der Waals surface area contributed by atoms with E-state index in [0.29, 0.717) is 29.6 Å². The maximum Gasteiger partial charge on any atom is 0.341 e. The minimum absolute atomic E-state index is 0.107. The van der Waals surface area contributed by atoms with Gasteiger partial charge in [0.25, 0.3) is 0 Å². The molecular weight excluding hydrogens is 472 g/mol. The molecule has 0 saturated heterocycles. The first-order chi connectivity index (χ1) is 17.9. The summed E-state index contributed by atoms with van der Waals surface area (Å²) in [6.45, 7) is 1.78. The lowest BCUT2D eigenvalue weighted by Gasteiger charge is -2.32. The van der Waals surface area contributed by atoms with Crippen LogP contribution in [0.15, 0.2) is 42.5 Å². The fourth-order valence-electron chi connectivity index (χ4n) is 6.16. The fourth-order valence-corrected chi connectivity index (χ4v) is 6.16. The van der Waals surface area contributed by atoms with E-state index in [2.05, 4.69) is 13.0 Å². The molecule has 2 aliphatic rings. The number of fused-ring (bicyclic) bond motifs is 2. The summed E-state index contributed by atoms with van der Waals surface area (Å²) in [7, 11) is 0. The number of carbonyl (C=O) groups is 2. The Kier molecular flexibility index (Phi) is 9.09. The average molecular weight is 511 g/mol. The smallest absolute Gasteiger partial charge is 0.341 e. The summed E-state index contributed by atoms with van der Waals surface area (Å²) < 4.78 is 11.5. The van der Waals surface area contributed by atoms with Crippen LogP contribution in [0.25, 0.3) is 0 Å². The van der Waals surface area contributed by atoms with Crippen molar-refractivity contribution in [3.8, 4) is 11.5 Å². The molecule has 37 heavy (non-hydrogen) atoms. The number of benzene rings is 2. The lowest BCUT2D eigenvalue weighted by atomic mass is 9.73. The number of phenolic OH excluding ortho intramolecular Hbond substituents is 1. The molecule has 3 N–H and O–H groups in total. The van der Waals surface area contributed by atoms with Gasteiger partial charge in [0.2, 0.25) is 0 Å². The molecule has 0 unspecified atom stereocenters. The third-order valence-electron chi connectivity index (χ3n) is 8.03. The second kappa shape index (κ2) is 12.5. The van der Waals surface area contributed by atoms with E-state index in [0.717, 1.165) is 56.9 Å². The molecule has 0 bridgehead atoms. The molecule has 2 aliphatic carbocycles. The zero-order valence-electron chi connectivity index (χ0n) is 21.5. The molecule has 7 nitrogen and oxygen atoms in total. The van der Waals surface area contributed by atoms with E-state index in [4.69, 9.17) is 14.6 Å². The number of aliphatic carboxylic acids is 1. The predicted octanol–water partition coefficient (Wildman–Crippen LogP) is 5.15. The zero-order chi connectivity index (χ0) is 26.4. The third kappa shape index (κ3) is 6.83. The summed E-state index contributed by atoms with van der Waals surface area (Å²) in [5.74, 6) is 0.141. The Morgan fingerprint density at radius 3 is 2.57 bits per heavy atom. The van der Waals surface area contributed by atoms with Crippen LogP contribution < -0.4 is 4.74 Å². The van der Waals surface area contributed by atoms with Crippen LogP contribution in [0.1, 0.15) is 73.4 Å². The Bertz CT molecular complexity index is 1060. The van der Waals surface area contributed by atoms with E-state index in [-0.39, 0.29) is 30.3 Å². The van der Waals surface area contributed by atoms with Crippen molar-refractivity contribution in [2.24, 2.45) is 17.8 Å². The summed E-state index contributed by atoms with van der Waals surface area (Å²) in [6, 6.07) is 11.9. The second-order valence-electron chi connectivity index (χ2n) is 10.5. The molecule has 7 heteroatoms. The highest BCUT2D eigenvalue weighted by Crippen LogP contribution is 2.48. The number of phenols is 1. The Morgan fingerprint density at radius 2 is 1.84 bits per heavy atom. The monoisotopic (exact) mass is 510 g/mol. The number of ether oxygens (including phenoxy) is 2. The molecule has 2 aromatic carbocycles. The number of unbranched alkanes of at least 4 members (excludes halogenated alkanes) is 2. The molecule has 0 aromatic heterocycles. The maximum atomic E-state index is 12.8. The van der Waals surface area contributed by atoms with Gasteiger partial charge in [0.05, 0.1) is 11.7 Å². The van der Waals surface area contributed by atoms with Crippen LogP contribution in [-0.2, 0) is 22.4 Å². The van der Waals surface area contributed by atoms with Crippen LogP contribution in [0, 0.1) is 17.8 Å². The van der Waals surface area contributed by atoms with E-state index < -0.39 is 12.1 Å². The van der Waals surface area contributed by atoms with Crippen molar-refractivity contribution in [1.29, 1.82) is 0 Å². The lowest BCUT2D eigenvalue weighted by Crippen LogP contribution is -2.29. The highest BCUT2D eigenvalue weighted by atomic mass is 16.5. The van der Waals surface area contributed by atoms with Crippen LogP contribution in [0.4, 0.5) is 0 Å². The molecule has 4 rings (SSSR count). The molecule has 200 valence electrons. The van der Waals surface area contributed by atoms with Crippen molar-refractivity contribution in [3.05, 3.63) is 59.2 Å². The minimum Gasteiger partial charge on any atom is -0.508 e. The lowest BCUT2D eigenvalue weighted by molar-refractivity contribution is -0.139. The van der Waals surface area contributed by atoms with Crippen molar-refractivity contribution >= 4 is 11.9 Å². The van der Waals surface area contributed by atoms with Gasteiger partial charge in [-0.25, -0.2) is 9.59 Å². The van der Waals surface area contributed by atoms with E-state index in [1.807, 2.05) is 12.1 Å². The van der Waals surface area contributed by atoms with E-state index in [9.17, 15) is 19.8 Å². The van der Waals surface area contributed by atoms with Crippen molar-refractivity contribution in [3.63, 3.8) is 0 Å². The SMILES string of the molecule is CCCCC[C@@H](CC[C@@H]1[C@H]2Cc3cccc(OCC(=O)O)c3C[C@H]2C[C@H]1O)OC(=O)c1ccc(O)cc1. The Hall–Kier alpha value is -3.06. The number of carboxylic acids is 1. The normalized spacial score (nSPS) is 23.1. The third-order valence-corrected chi connectivity index (χ3v) is 8.03. The van der Waals surface area contributed by atoms with Crippen LogP contribution >= 0.6 is 0 Å². The van der Waals surface area contributed by atoms with Crippen molar-refractivity contribution < 1.29 is 34.4 Å². The van der Waals surface area contributed by atoms with E-state index in [1.165, 1.54) is 17.7 Å². The molecule has 0 amide bonds. The van der Waals surface area contributed by atoms with Gasteiger partial charge in [-0.1, -0.05) is 31.9 Å². The summed E-state index contributed by atoms with van der Waals surface area (Å²) >= 11 is 0. The van der Waals surface area contributed by atoms with Gasteiger partial charge in [0.1, 0.15) is 17.6 Å². The maximum absolute atomic E-state index is 12.8. The number of carbonyl (C=O) groups excluding carboxylic acids is 1. The zero-order valence-corrected chi connectivity index (χ0v) is 21.5. The fraction of sp³-hybridized carbons (Fsp3) is 0.533. The van der Waals surface area contributed by atoms with E-state index >= 15 is 0 Å². The first-order valence-corrected chi connectivity index (χ1v) is 13.5. The highest BCUT2D eigenvalue weighted by Gasteiger charge is 2.45. The summed E-state index contributed by atoms with van der Waals surface area (Å²) in [5.41, 5.74) is 2.66. The molecule has 0 radical (unpaired) electrons. The molecule has 1 fully saturated rings. The van der Waals surface area contributed by atoms with Gasteiger partial charge in [-0.15, -0.1) is 0 Å². The van der Waals surface area contributed by atoms with Crippen LogP contribution in [0.5, 0.6) is 11.5 Å². The van der Waals surface area contributed by atoms with Gasteiger partial charge in [-0.2, -0.15) is 0 Å². The standard InChI is InChI=1S/C30H38O7/c1-2-3-4-7-23(37-30(35)19-9-11-22(31)12-10-19)13-14-24-25-15-20-6-5-8-28(36-18-29(33)34)26(20)16-21(25)17-27(24)32/h5-6,8-12,21,23-25,27,31-32H,2-4,7,13-18H2,1H3,(H,33,34)/t21-,23-,24+,25-,27+/m0/s1. The van der Waals surface area contributed by atoms with Gasteiger partial charge in [0, 0.05) is 0 Å². The number of hydrogen-bond acceptors (Lipinski definition) is 6. The number of hydrogen-bond donors (Lipinski definition) is 3. The topological polar surface area (TPSA) is 113 Å². The van der Waals surface area contributed by atoms with Crippen molar-refractivity contribution in [2.45, 2.75) is 76.9 Å². The first-order valence-electron chi connectivity index (χ1n) is 13.5. The average Bonchev–Trinajstić information content (AvgIpc) is 3.18. The van der Waals surface area contributed by atoms with Crippen molar-refractivity contribution in [1.82, 2.24) is 0 Å². The largest absolute Gasteiger partial charge is 0.508 e.